The fourth-order valence-corrected chi connectivity index (χ4v) is 10.4. The van der Waals surface area contributed by atoms with Crippen LogP contribution in [0, 0.1) is 11.8 Å². The number of carboxylic acids is 1. The van der Waals surface area contributed by atoms with Crippen LogP contribution in [0.4, 0.5) is 18.9 Å². The molecule has 1 aliphatic carbocycles. The molecule has 8 rings (SSSR count). The number of hydrazone groups is 1. The molecule has 0 bridgehead atoms. The van der Waals surface area contributed by atoms with Gasteiger partial charge in [0.15, 0.2) is 11.0 Å². The first kappa shape index (κ1) is 27.4. The number of rotatable bonds is 7. The van der Waals surface area contributed by atoms with Gasteiger partial charge in [-0.15, -0.1) is 23.5 Å². The number of nitrogens with one attached hydrogen (secondary N) is 2. The van der Waals surface area contributed by atoms with E-state index in [9.17, 15) is 18.0 Å². The van der Waals surface area contributed by atoms with Crippen LogP contribution in [-0.4, -0.2) is 59.5 Å². The van der Waals surface area contributed by atoms with E-state index in [4.69, 9.17) is 10.2 Å². The highest BCUT2D eigenvalue weighted by molar-refractivity contribution is 8.02. The number of halogens is 3. The second-order valence-electron chi connectivity index (χ2n) is 12.1. The molecule has 3 aromatic rings. The monoisotopic (exact) mass is 626 g/mol. The predicted octanol–water partition coefficient (Wildman–Crippen LogP) is 6.61. The topological polar surface area (TPSA) is 106 Å². The van der Waals surface area contributed by atoms with Gasteiger partial charge < -0.3 is 10.4 Å². The normalized spacial score (nSPS) is 30.6. The van der Waals surface area contributed by atoms with Gasteiger partial charge in [-0.25, -0.2) is 5.01 Å². The maximum Gasteiger partial charge on any atom is 0.433 e. The molecule has 0 radical (unpaired) electrons. The zero-order valence-electron chi connectivity index (χ0n) is 23.0. The van der Waals surface area contributed by atoms with Crippen molar-refractivity contribution in [2.24, 2.45) is 16.9 Å². The van der Waals surface area contributed by atoms with Gasteiger partial charge in [0.05, 0.1) is 16.3 Å². The molecule has 3 fully saturated rings. The summed E-state index contributed by atoms with van der Waals surface area (Å²) < 4.78 is 38.8. The van der Waals surface area contributed by atoms with E-state index in [1.807, 2.05) is 16.8 Å². The maximum absolute atomic E-state index is 12.9. The molecule has 4 atom stereocenters. The van der Waals surface area contributed by atoms with Crippen LogP contribution in [0.3, 0.4) is 0 Å². The SMILES string of the molecule is O=C(O)CC1CCC(C2CSc3c(-c4ccc(NC5N6N=C7C(c8ccc(C(F)(F)F)nc8)CSC756)cc4)n[nH]c32)CC1. The van der Waals surface area contributed by atoms with E-state index < -0.39 is 17.8 Å². The van der Waals surface area contributed by atoms with Crippen molar-refractivity contribution in [1.29, 1.82) is 0 Å². The van der Waals surface area contributed by atoms with Gasteiger partial charge in [0.1, 0.15) is 11.4 Å². The molecule has 0 amide bonds. The standard InChI is InChI=1S/C30H29F3N6O2S2/c31-30(32,33)22-10-7-18(12-34-22)21-14-43-29-27(21)38-39(29)28(29)35-19-8-5-17(6-9-19)24-26-25(37-36-24)20(13-42-26)16-3-1-15(2-4-16)11-23(40)41/h5-10,12,15-16,20-21,28,35H,1-4,11,13-14H2,(H,36,37)(H,40,41). The Morgan fingerprint density at radius 1 is 1.12 bits per heavy atom. The van der Waals surface area contributed by atoms with Crippen LogP contribution in [0.1, 0.15) is 60.9 Å². The van der Waals surface area contributed by atoms with E-state index in [-0.39, 0.29) is 23.4 Å². The smallest absolute Gasteiger partial charge is 0.433 e. The average molecular weight is 627 g/mol. The van der Waals surface area contributed by atoms with Gasteiger partial charge in [-0.05, 0) is 61.3 Å². The van der Waals surface area contributed by atoms with E-state index in [0.717, 1.165) is 71.5 Å². The summed E-state index contributed by atoms with van der Waals surface area (Å²) in [4.78, 5) is 15.7. The number of fused-ring (bicyclic) bond motifs is 1. The molecule has 3 N–H and O–H groups in total. The summed E-state index contributed by atoms with van der Waals surface area (Å²) in [6.07, 6.45) is 1.31. The molecular formula is C30H29F3N6O2S2. The molecule has 1 aromatic carbocycles. The van der Waals surface area contributed by atoms with Crippen molar-refractivity contribution >= 4 is 40.9 Å². The van der Waals surface area contributed by atoms with Gasteiger partial charge in [-0.3, -0.25) is 14.9 Å². The Hall–Kier alpha value is -3.19. The number of pyridine rings is 1. The third kappa shape index (κ3) is 4.44. The summed E-state index contributed by atoms with van der Waals surface area (Å²) in [5, 5.41) is 27.5. The minimum absolute atomic E-state index is 0.0160. The lowest BCUT2D eigenvalue weighted by Crippen LogP contribution is -2.33. The summed E-state index contributed by atoms with van der Waals surface area (Å²) in [5.74, 6) is 2.37. The Balaban J connectivity index is 0.903. The van der Waals surface area contributed by atoms with Crippen molar-refractivity contribution in [2.45, 2.75) is 66.0 Å². The number of hydrogen-bond donors (Lipinski definition) is 3. The molecule has 4 unspecified atom stereocenters. The van der Waals surface area contributed by atoms with Crippen LogP contribution >= 0.6 is 23.5 Å². The van der Waals surface area contributed by atoms with Crippen LogP contribution in [0.25, 0.3) is 11.3 Å². The third-order valence-electron chi connectivity index (χ3n) is 9.66. The van der Waals surface area contributed by atoms with Crippen LogP contribution in [0.5, 0.6) is 0 Å². The number of thioether (sulfide) groups is 2. The van der Waals surface area contributed by atoms with Crippen LogP contribution in [-0.2, 0) is 11.0 Å². The number of alkyl halides is 3. The zero-order chi connectivity index (χ0) is 29.5. The van der Waals surface area contributed by atoms with Crippen molar-refractivity contribution in [3.63, 3.8) is 0 Å². The first-order chi connectivity index (χ1) is 20.7. The first-order valence-electron chi connectivity index (χ1n) is 14.6. The van der Waals surface area contributed by atoms with Crippen molar-refractivity contribution in [3.05, 3.63) is 59.5 Å². The predicted molar refractivity (Wildman–Crippen MR) is 159 cm³/mol. The highest BCUT2D eigenvalue weighted by atomic mass is 32.2. The summed E-state index contributed by atoms with van der Waals surface area (Å²) in [7, 11) is 0. The number of nitrogens with zero attached hydrogens (tertiary/aromatic N) is 4. The largest absolute Gasteiger partial charge is 0.481 e. The summed E-state index contributed by atoms with van der Waals surface area (Å²) in [6.45, 7) is 0. The van der Waals surface area contributed by atoms with E-state index >= 15 is 0 Å². The van der Waals surface area contributed by atoms with Crippen LogP contribution in [0.2, 0.25) is 0 Å². The molecule has 43 heavy (non-hydrogen) atoms. The molecule has 13 heteroatoms. The molecule has 5 aliphatic rings. The lowest BCUT2D eigenvalue weighted by atomic mass is 9.74. The summed E-state index contributed by atoms with van der Waals surface area (Å²) in [6, 6.07) is 10.9. The second-order valence-corrected chi connectivity index (χ2v) is 14.4. The van der Waals surface area contributed by atoms with Crippen molar-refractivity contribution < 1.29 is 23.1 Å². The fourth-order valence-electron chi connectivity index (χ4n) is 7.30. The Morgan fingerprint density at radius 3 is 2.60 bits per heavy atom. The van der Waals surface area contributed by atoms with Gasteiger partial charge in [-0.2, -0.15) is 23.4 Å². The first-order valence-corrected chi connectivity index (χ1v) is 16.5. The minimum atomic E-state index is -4.44. The Kier molecular flexibility index (Phi) is 6.31. The quantitative estimate of drug-likeness (QED) is 0.252. The van der Waals surface area contributed by atoms with Crippen LogP contribution < -0.4 is 5.32 Å². The second kappa shape index (κ2) is 9.91. The van der Waals surface area contributed by atoms with Crippen molar-refractivity contribution in [3.8, 4) is 11.3 Å². The molecule has 1 spiro atoms. The number of aliphatic carboxylic acids is 1. The van der Waals surface area contributed by atoms with E-state index in [0.29, 0.717) is 17.8 Å². The third-order valence-corrected chi connectivity index (χ3v) is 12.4. The highest BCUT2D eigenvalue weighted by Crippen LogP contribution is 2.65. The number of carboxylic acid groups (broad SMARTS) is 1. The van der Waals surface area contributed by atoms with Gasteiger partial charge in [0, 0.05) is 47.2 Å². The zero-order valence-corrected chi connectivity index (χ0v) is 24.6. The van der Waals surface area contributed by atoms with E-state index in [1.54, 1.807) is 11.8 Å². The maximum atomic E-state index is 12.9. The van der Waals surface area contributed by atoms with Gasteiger partial charge >= 0.3 is 12.1 Å². The number of aromatic nitrogens is 3. The number of anilines is 1. The van der Waals surface area contributed by atoms with Gasteiger partial charge in [-0.1, -0.05) is 18.2 Å². The number of benzene rings is 1. The van der Waals surface area contributed by atoms with Gasteiger partial charge in [0.25, 0.3) is 0 Å². The minimum Gasteiger partial charge on any atom is -0.481 e. The molecule has 2 aromatic heterocycles. The number of H-pyrrole nitrogens is 1. The highest BCUT2D eigenvalue weighted by Gasteiger charge is 2.77. The average Bonchev–Trinajstić information content (AvgIpc) is 3.42. The lowest BCUT2D eigenvalue weighted by Gasteiger charge is -2.31. The Labute approximate surface area is 254 Å². The Bertz CT molecular complexity index is 1600. The fraction of sp³-hybridized carbons (Fsp3) is 0.467. The number of carbonyl (C=O) groups is 1. The Morgan fingerprint density at radius 2 is 1.91 bits per heavy atom. The van der Waals surface area contributed by atoms with Gasteiger partial charge in [0.2, 0.25) is 0 Å². The van der Waals surface area contributed by atoms with Crippen LogP contribution in [0.15, 0.2) is 52.6 Å². The molecule has 2 saturated heterocycles. The lowest BCUT2D eigenvalue weighted by molar-refractivity contribution is -0.141. The number of aromatic amines is 1. The molecule has 224 valence electrons. The molecule has 4 aliphatic heterocycles. The molecule has 1 saturated carbocycles. The summed E-state index contributed by atoms with van der Waals surface area (Å²) in [5.41, 5.74) is 5.13. The molecule has 8 nitrogen and oxygen atoms in total. The van der Waals surface area contributed by atoms with E-state index in [2.05, 4.69) is 44.8 Å². The van der Waals surface area contributed by atoms with E-state index in [1.165, 1.54) is 22.9 Å². The molecular weight excluding hydrogens is 597 g/mol. The number of hydrogen-bond acceptors (Lipinski definition) is 8. The van der Waals surface area contributed by atoms with Crippen molar-refractivity contribution in [1.82, 2.24) is 20.2 Å². The summed E-state index contributed by atoms with van der Waals surface area (Å²) >= 11 is 3.64. The van der Waals surface area contributed by atoms with Crippen molar-refractivity contribution in [2.75, 3.05) is 16.8 Å². The molecule has 6 heterocycles.